The van der Waals surface area contributed by atoms with Crippen LogP contribution in [0.5, 0.6) is 0 Å². The van der Waals surface area contributed by atoms with Gasteiger partial charge in [-0.05, 0) is 30.5 Å². The van der Waals surface area contributed by atoms with Crippen LogP contribution >= 0.6 is 0 Å². The summed E-state index contributed by atoms with van der Waals surface area (Å²) >= 11 is 0. The largest absolute Gasteiger partial charge is 0.306 e. The summed E-state index contributed by atoms with van der Waals surface area (Å²) in [6.07, 6.45) is 7.52. The summed E-state index contributed by atoms with van der Waals surface area (Å²) in [6, 6.07) is 9.21. The van der Waals surface area contributed by atoms with E-state index in [0.717, 1.165) is 19.4 Å². The van der Waals surface area contributed by atoms with E-state index in [1.807, 2.05) is 17.9 Å². The minimum Gasteiger partial charge on any atom is -0.306 e. The molecule has 0 radical (unpaired) electrons. The van der Waals surface area contributed by atoms with Crippen LogP contribution in [0.4, 0.5) is 0 Å². The second kappa shape index (κ2) is 7.25. The van der Waals surface area contributed by atoms with Crippen molar-refractivity contribution in [1.29, 1.82) is 0 Å². The zero-order chi connectivity index (χ0) is 14.4. The van der Waals surface area contributed by atoms with Gasteiger partial charge in [0.15, 0.2) is 0 Å². The molecule has 0 bridgehead atoms. The number of aromatic nitrogens is 2. The van der Waals surface area contributed by atoms with Crippen LogP contribution in [0.2, 0.25) is 0 Å². The van der Waals surface area contributed by atoms with Crippen LogP contribution < -0.4 is 5.32 Å². The van der Waals surface area contributed by atoms with Crippen LogP contribution in [0.15, 0.2) is 36.7 Å². The molecule has 3 heteroatoms. The van der Waals surface area contributed by atoms with Crippen molar-refractivity contribution in [2.24, 2.45) is 7.05 Å². The molecule has 2 aromatic rings. The van der Waals surface area contributed by atoms with Crippen LogP contribution in [-0.2, 0) is 13.5 Å². The minimum atomic E-state index is 0.235. The van der Waals surface area contributed by atoms with Gasteiger partial charge in [-0.25, -0.2) is 0 Å². The van der Waals surface area contributed by atoms with E-state index < -0.39 is 0 Å². The second-order valence-corrected chi connectivity index (χ2v) is 5.33. The number of nitrogens with zero attached hydrogens (tertiary/aromatic N) is 2. The van der Waals surface area contributed by atoms with Crippen molar-refractivity contribution in [3.63, 3.8) is 0 Å². The molecule has 0 aliphatic heterocycles. The second-order valence-electron chi connectivity index (χ2n) is 5.33. The Morgan fingerprint density at radius 1 is 1.10 bits per heavy atom. The molecular formula is C17H25N3. The van der Waals surface area contributed by atoms with Gasteiger partial charge in [0.25, 0.3) is 0 Å². The Balaban J connectivity index is 2.21. The molecule has 1 N–H and O–H groups in total. The molecule has 3 nitrogen and oxygen atoms in total. The highest BCUT2D eigenvalue weighted by Gasteiger charge is 2.14. The van der Waals surface area contributed by atoms with Gasteiger partial charge in [-0.2, -0.15) is 5.10 Å². The standard InChI is InChI=1S/C17H25N3/c1-4-6-14-7-9-15(10-8-14)17(18-11-5-2)16-12-19-20(3)13-16/h7-10,12-13,17-18H,4-6,11H2,1-3H3. The molecule has 0 fully saturated rings. The molecular weight excluding hydrogens is 246 g/mol. The molecule has 0 amide bonds. The Morgan fingerprint density at radius 2 is 1.85 bits per heavy atom. The fourth-order valence-electron chi connectivity index (χ4n) is 2.47. The van der Waals surface area contributed by atoms with Crippen molar-refractivity contribution >= 4 is 0 Å². The Morgan fingerprint density at radius 3 is 2.40 bits per heavy atom. The van der Waals surface area contributed by atoms with Crippen molar-refractivity contribution in [3.05, 3.63) is 53.3 Å². The summed E-state index contributed by atoms with van der Waals surface area (Å²) < 4.78 is 1.86. The quantitative estimate of drug-likeness (QED) is 0.835. The maximum atomic E-state index is 4.29. The smallest absolute Gasteiger partial charge is 0.0607 e. The third-order valence-corrected chi connectivity index (χ3v) is 3.51. The summed E-state index contributed by atoms with van der Waals surface area (Å²) in [5.74, 6) is 0. The zero-order valence-electron chi connectivity index (χ0n) is 12.8. The monoisotopic (exact) mass is 271 g/mol. The molecule has 2 rings (SSSR count). The van der Waals surface area contributed by atoms with Crippen LogP contribution in [-0.4, -0.2) is 16.3 Å². The highest BCUT2D eigenvalue weighted by atomic mass is 15.2. The zero-order valence-corrected chi connectivity index (χ0v) is 12.8. The summed E-state index contributed by atoms with van der Waals surface area (Å²) in [5, 5.41) is 7.91. The fraction of sp³-hybridized carbons (Fsp3) is 0.471. The van der Waals surface area contributed by atoms with E-state index in [1.54, 1.807) is 0 Å². The molecule has 0 aliphatic carbocycles. The summed E-state index contributed by atoms with van der Waals surface area (Å²) in [6.45, 7) is 5.42. The summed E-state index contributed by atoms with van der Waals surface area (Å²) in [7, 11) is 1.96. The minimum absolute atomic E-state index is 0.235. The third kappa shape index (κ3) is 3.70. The van der Waals surface area contributed by atoms with Gasteiger partial charge in [-0.3, -0.25) is 4.68 Å². The van der Waals surface area contributed by atoms with Crippen molar-refractivity contribution in [3.8, 4) is 0 Å². The van der Waals surface area contributed by atoms with Crippen LogP contribution in [0.25, 0.3) is 0 Å². The summed E-state index contributed by atoms with van der Waals surface area (Å²) in [4.78, 5) is 0. The Labute approximate surface area is 122 Å². The van der Waals surface area contributed by atoms with Crippen molar-refractivity contribution in [2.45, 2.75) is 39.2 Å². The van der Waals surface area contributed by atoms with E-state index in [1.165, 1.54) is 23.1 Å². The van der Waals surface area contributed by atoms with Crippen molar-refractivity contribution in [1.82, 2.24) is 15.1 Å². The van der Waals surface area contributed by atoms with Gasteiger partial charge in [0.05, 0.1) is 12.2 Å². The van der Waals surface area contributed by atoms with Gasteiger partial charge in [-0.1, -0.05) is 44.5 Å². The van der Waals surface area contributed by atoms with Crippen molar-refractivity contribution in [2.75, 3.05) is 6.54 Å². The number of benzene rings is 1. The Hall–Kier alpha value is -1.61. The lowest BCUT2D eigenvalue weighted by molar-refractivity contribution is 0.598. The molecule has 20 heavy (non-hydrogen) atoms. The SMILES string of the molecule is CCCNC(c1ccc(CCC)cc1)c1cnn(C)c1. The number of rotatable bonds is 7. The maximum Gasteiger partial charge on any atom is 0.0607 e. The molecule has 0 saturated carbocycles. The first kappa shape index (κ1) is 14.8. The number of nitrogens with one attached hydrogen (secondary N) is 1. The first-order valence-corrected chi connectivity index (χ1v) is 7.55. The molecule has 1 atom stereocenters. The van der Waals surface area contributed by atoms with Gasteiger partial charge in [-0.15, -0.1) is 0 Å². The van der Waals surface area contributed by atoms with E-state index in [0.29, 0.717) is 0 Å². The molecule has 108 valence electrons. The highest BCUT2D eigenvalue weighted by Crippen LogP contribution is 2.22. The lowest BCUT2D eigenvalue weighted by Crippen LogP contribution is -2.22. The summed E-state index contributed by atoms with van der Waals surface area (Å²) in [5.41, 5.74) is 3.95. The molecule has 0 aliphatic rings. The number of aryl methyl sites for hydroxylation is 2. The average Bonchev–Trinajstić information content (AvgIpc) is 2.88. The van der Waals surface area contributed by atoms with E-state index >= 15 is 0 Å². The average molecular weight is 271 g/mol. The van der Waals surface area contributed by atoms with E-state index in [-0.39, 0.29) is 6.04 Å². The van der Waals surface area contributed by atoms with Crippen LogP contribution in [0.1, 0.15) is 49.4 Å². The first-order valence-electron chi connectivity index (χ1n) is 7.55. The van der Waals surface area contributed by atoms with Crippen molar-refractivity contribution < 1.29 is 0 Å². The first-order chi connectivity index (χ1) is 9.74. The molecule has 1 unspecified atom stereocenters. The van der Waals surface area contributed by atoms with E-state index in [4.69, 9.17) is 0 Å². The predicted octanol–water partition coefficient (Wildman–Crippen LogP) is 3.46. The van der Waals surface area contributed by atoms with E-state index in [2.05, 4.69) is 54.7 Å². The third-order valence-electron chi connectivity index (χ3n) is 3.51. The van der Waals surface area contributed by atoms with Gasteiger partial charge >= 0.3 is 0 Å². The molecule has 0 saturated heterocycles. The maximum absolute atomic E-state index is 4.29. The topological polar surface area (TPSA) is 29.9 Å². The Kier molecular flexibility index (Phi) is 5.36. The fourth-order valence-corrected chi connectivity index (χ4v) is 2.47. The molecule has 1 aromatic carbocycles. The van der Waals surface area contributed by atoms with Crippen LogP contribution in [0, 0.1) is 0 Å². The van der Waals surface area contributed by atoms with Crippen LogP contribution in [0.3, 0.4) is 0 Å². The van der Waals surface area contributed by atoms with Gasteiger partial charge in [0.1, 0.15) is 0 Å². The Bertz CT molecular complexity index is 513. The highest BCUT2D eigenvalue weighted by molar-refractivity contribution is 5.31. The lowest BCUT2D eigenvalue weighted by atomic mass is 9.99. The molecule has 1 heterocycles. The lowest BCUT2D eigenvalue weighted by Gasteiger charge is -2.18. The molecule has 1 aromatic heterocycles. The normalized spacial score (nSPS) is 12.6. The van der Waals surface area contributed by atoms with Gasteiger partial charge in [0, 0.05) is 18.8 Å². The van der Waals surface area contributed by atoms with Gasteiger partial charge < -0.3 is 5.32 Å². The van der Waals surface area contributed by atoms with E-state index in [9.17, 15) is 0 Å². The number of hydrogen-bond acceptors (Lipinski definition) is 2. The number of hydrogen-bond donors (Lipinski definition) is 1. The predicted molar refractivity (Wildman–Crippen MR) is 83.8 cm³/mol. The molecule has 0 spiro atoms. The van der Waals surface area contributed by atoms with Gasteiger partial charge in [0.2, 0.25) is 0 Å².